The number of hydrogen-bond donors (Lipinski definition) is 3. The van der Waals surface area contributed by atoms with Crippen LogP contribution in [0.25, 0.3) is 0 Å². The van der Waals surface area contributed by atoms with Gasteiger partial charge in [-0.1, -0.05) is 0 Å². The second kappa shape index (κ2) is 5.79. The number of nitrogens with one attached hydrogen (secondary N) is 3. The van der Waals surface area contributed by atoms with E-state index in [1.807, 2.05) is 0 Å². The molecule has 0 aromatic heterocycles. The molecule has 102 valence electrons. The van der Waals surface area contributed by atoms with Crippen LogP contribution < -0.4 is 16.0 Å². The van der Waals surface area contributed by atoms with Gasteiger partial charge in [0.25, 0.3) is 5.91 Å². The van der Waals surface area contributed by atoms with E-state index in [1.54, 1.807) is 0 Å². The minimum atomic E-state index is -0.561. The molecule has 19 heavy (non-hydrogen) atoms. The van der Waals surface area contributed by atoms with Gasteiger partial charge < -0.3 is 16.0 Å². The van der Waals surface area contributed by atoms with Crippen LogP contribution in [0, 0.1) is 5.82 Å². The second-order valence-electron chi connectivity index (χ2n) is 4.54. The highest BCUT2D eigenvalue weighted by Gasteiger charge is 2.18. The molecule has 0 spiro atoms. The number of halogens is 1. The van der Waals surface area contributed by atoms with Crippen LogP contribution in [0.3, 0.4) is 0 Å². The van der Waals surface area contributed by atoms with E-state index < -0.39 is 5.82 Å². The number of amides is 2. The minimum Gasteiger partial charge on any atom is -0.348 e. The van der Waals surface area contributed by atoms with Crippen molar-refractivity contribution in [2.45, 2.75) is 19.4 Å². The van der Waals surface area contributed by atoms with Gasteiger partial charge in [0.1, 0.15) is 5.82 Å². The molecule has 1 unspecified atom stereocenters. The maximum atomic E-state index is 13.4. The highest BCUT2D eigenvalue weighted by atomic mass is 19.1. The van der Waals surface area contributed by atoms with E-state index in [0.717, 1.165) is 19.5 Å². The largest absolute Gasteiger partial charge is 0.348 e. The Labute approximate surface area is 110 Å². The SMILES string of the molecule is CC(=O)Nc1cc(C(=O)NC2CCNC2)ccc1F. The molecular formula is C13H16FN3O2. The van der Waals surface area contributed by atoms with E-state index in [9.17, 15) is 14.0 Å². The van der Waals surface area contributed by atoms with Gasteiger partial charge in [-0.3, -0.25) is 9.59 Å². The Kier molecular flexibility index (Phi) is 4.11. The first-order chi connectivity index (χ1) is 9.06. The first-order valence-corrected chi connectivity index (χ1v) is 6.15. The van der Waals surface area contributed by atoms with Crippen LogP contribution in [-0.4, -0.2) is 30.9 Å². The summed E-state index contributed by atoms with van der Waals surface area (Å²) in [5.41, 5.74) is 0.349. The van der Waals surface area contributed by atoms with Crippen LogP contribution >= 0.6 is 0 Å². The summed E-state index contributed by atoms with van der Waals surface area (Å²) >= 11 is 0. The molecule has 0 bridgehead atoms. The predicted octanol–water partition coefficient (Wildman–Crippen LogP) is 0.876. The number of benzene rings is 1. The Hall–Kier alpha value is -1.95. The average molecular weight is 265 g/mol. The van der Waals surface area contributed by atoms with E-state index in [4.69, 9.17) is 0 Å². The highest BCUT2D eigenvalue weighted by Crippen LogP contribution is 2.16. The first-order valence-electron chi connectivity index (χ1n) is 6.15. The van der Waals surface area contributed by atoms with Crippen LogP contribution in [-0.2, 0) is 4.79 Å². The lowest BCUT2D eigenvalue weighted by molar-refractivity contribution is -0.114. The van der Waals surface area contributed by atoms with E-state index in [2.05, 4.69) is 16.0 Å². The van der Waals surface area contributed by atoms with Gasteiger partial charge in [-0.05, 0) is 31.2 Å². The zero-order valence-corrected chi connectivity index (χ0v) is 10.6. The summed E-state index contributed by atoms with van der Waals surface area (Å²) in [5, 5.41) is 8.36. The Morgan fingerprint density at radius 1 is 1.42 bits per heavy atom. The van der Waals surface area contributed by atoms with Gasteiger partial charge in [-0.15, -0.1) is 0 Å². The quantitative estimate of drug-likeness (QED) is 0.759. The Morgan fingerprint density at radius 2 is 2.21 bits per heavy atom. The standard InChI is InChI=1S/C13H16FN3O2/c1-8(18)16-12-6-9(2-3-11(12)14)13(19)17-10-4-5-15-7-10/h2-3,6,10,15H,4-5,7H2,1H3,(H,16,18)(H,17,19). The molecule has 1 aromatic rings. The zero-order chi connectivity index (χ0) is 13.8. The molecule has 1 fully saturated rings. The molecular weight excluding hydrogens is 249 g/mol. The first kappa shape index (κ1) is 13.5. The zero-order valence-electron chi connectivity index (χ0n) is 10.6. The molecule has 0 saturated carbocycles. The van der Waals surface area contributed by atoms with Crippen molar-refractivity contribution in [2.24, 2.45) is 0 Å². The third-order valence-electron chi connectivity index (χ3n) is 2.93. The topological polar surface area (TPSA) is 70.2 Å². The maximum Gasteiger partial charge on any atom is 0.251 e. The lowest BCUT2D eigenvalue weighted by Crippen LogP contribution is -2.36. The molecule has 1 atom stereocenters. The van der Waals surface area contributed by atoms with Gasteiger partial charge in [-0.2, -0.15) is 0 Å². The summed E-state index contributed by atoms with van der Waals surface area (Å²) in [5.74, 6) is -1.20. The molecule has 5 nitrogen and oxygen atoms in total. The van der Waals surface area contributed by atoms with E-state index in [1.165, 1.54) is 25.1 Å². The van der Waals surface area contributed by atoms with Gasteiger partial charge in [0.15, 0.2) is 0 Å². The van der Waals surface area contributed by atoms with Crippen LogP contribution in [0.5, 0.6) is 0 Å². The van der Waals surface area contributed by atoms with Crippen molar-refractivity contribution in [2.75, 3.05) is 18.4 Å². The molecule has 1 aliphatic heterocycles. The molecule has 1 aliphatic rings. The number of hydrogen-bond acceptors (Lipinski definition) is 3. The average Bonchev–Trinajstić information content (AvgIpc) is 2.84. The van der Waals surface area contributed by atoms with E-state index in [0.29, 0.717) is 5.56 Å². The number of carbonyl (C=O) groups excluding carboxylic acids is 2. The highest BCUT2D eigenvalue weighted by molar-refractivity contribution is 5.97. The number of anilines is 1. The predicted molar refractivity (Wildman–Crippen MR) is 69.4 cm³/mol. The number of carbonyl (C=O) groups is 2. The molecule has 0 aliphatic carbocycles. The Bertz CT molecular complexity index is 499. The van der Waals surface area contributed by atoms with Gasteiger partial charge in [-0.25, -0.2) is 4.39 Å². The van der Waals surface area contributed by atoms with Crippen LogP contribution in [0.1, 0.15) is 23.7 Å². The van der Waals surface area contributed by atoms with Crippen LogP contribution in [0.4, 0.5) is 10.1 Å². The molecule has 3 N–H and O–H groups in total. The lowest BCUT2D eigenvalue weighted by atomic mass is 10.1. The maximum absolute atomic E-state index is 13.4. The van der Waals surface area contributed by atoms with Crippen molar-refractivity contribution >= 4 is 17.5 Å². The monoisotopic (exact) mass is 265 g/mol. The second-order valence-corrected chi connectivity index (χ2v) is 4.54. The fourth-order valence-electron chi connectivity index (χ4n) is 2.00. The van der Waals surface area contributed by atoms with E-state index >= 15 is 0 Å². The normalized spacial score (nSPS) is 18.1. The lowest BCUT2D eigenvalue weighted by Gasteiger charge is -2.12. The van der Waals surface area contributed by atoms with E-state index in [-0.39, 0.29) is 23.5 Å². The summed E-state index contributed by atoms with van der Waals surface area (Å²) in [6, 6.07) is 4.02. The fourth-order valence-corrected chi connectivity index (χ4v) is 2.00. The van der Waals surface area contributed by atoms with Gasteiger partial charge >= 0.3 is 0 Å². The van der Waals surface area contributed by atoms with Gasteiger partial charge in [0, 0.05) is 25.1 Å². The Morgan fingerprint density at radius 3 is 2.84 bits per heavy atom. The van der Waals surface area contributed by atoms with Crippen molar-refractivity contribution in [3.8, 4) is 0 Å². The van der Waals surface area contributed by atoms with Crippen molar-refractivity contribution in [3.63, 3.8) is 0 Å². The van der Waals surface area contributed by atoms with Gasteiger partial charge in [0.2, 0.25) is 5.91 Å². The van der Waals surface area contributed by atoms with Crippen molar-refractivity contribution in [1.82, 2.24) is 10.6 Å². The summed E-state index contributed by atoms with van der Waals surface area (Å²) in [4.78, 5) is 22.9. The molecule has 6 heteroatoms. The van der Waals surface area contributed by atoms with Crippen LogP contribution in [0.15, 0.2) is 18.2 Å². The van der Waals surface area contributed by atoms with Crippen molar-refractivity contribution in [3.05, 3.63) is 29.6 Å². The molecule has 2 rings (SSSR count). The third kappa shape index (κ3) is 3.51. The molecule has 1 saturated heterocycles. The summed E-state index contributed by atoms with van der Waals surface area (Å²) < 4.78 is 13.4. The minimum absolute atomic E-state index is 0.0182. The molecule has 0 radical (unpaired) electrons. The number of rotatable bonds is 3. The third-order valence-corrected chi connectivity index (χ3v) is 2.93. The summed E-state index contributed by atoms with van der Waals surface area (Å²) in [6.07, 6.45) is 0.880. The van der Waals surface area contributed by atoms with Gasteiger partial charge in [0.05, 0.1) is 5.69 Å². The Balaban J connectivity index is 2.10. The van der Waals surface area contributed by atoms with Crippen molar-refractivity contribution in [1.29, 1.82) is 0 Å². The molecule has 2 amide bonds. The van der Waals surface area contributed by atoms with Crippen LogP contribution in [0.2, 0.25) is 0 Å². The molecule has 1 aromatic carbocycles. The molecule has 1 heterocycles. The fraction of sp³-hybridized carbons (Fsp3) is 0.385. The van der Waals surface area contributed by atoms with Crippen molar-refractivity contribution < 1.29 is 14.0 Å². The summed E-state index contributed by atoms with van der Waals surface area (Å²) in [6.45, 7) is 2.91. The summed E-state index contributed by atoms with van der Waals surface area (Å²) in [7, 11) is 0. The smallest absolute Gasteiger partial charge is 0.251 e.